The summed E-state index contributed by atoms with van der Waals surface area (Å²) in [7, 11) is 2.55. The smallest absolute Gasteiger partial charge is 0.407 e. The van der Waals surface area contributed by atoms with Crippen LogP contribution in [0.15, 0.2) is 48.7 Å². The number of carbonyl (C=O) groups excluding carboxylic acids is 4. The number of aromatic amines is 2. The molecule has 4 N–H and O–H groups in total. The lowest BCUT2D eigenvalue weighted by Crippen LogP contribution is -2.52. The Morgan fingerprint density at radius 2 is 1.69 bits per heavy atom. The van der Waals surface area contributed by atoms with Gasteiger partial charge in [0.05, 0.1) is 49.2 Å². The maximum Gasteiger partial charge on any atom is 0.407 e. The topological polar surface area (TPSA) is 184 Å². The molecule has 5 atom stereocenters. The van der Waals surface area contributed by atoms with Crippen LogP contribution in [0, 0.1) is 30.1 Å². The van der Waals surface area contributed by atoms with Crippen molar-refractivity contribution in [2.45, 2.75) is 85.2 Å². The van der Waals surface area contributed by atoms with Crippen LogP contribution >= 0.6 is 0 Å². The summed E-state index contributed by atoms with van der Waals surface area (Å²) in [6.07, 6.45) is 7.60. The number of hydrogen-bond acceptors (Lipinski definition) is 9. The average molecular weight is 831 g/mol. The van der Waals surface area contributed by atoms with Crippen molar-refractivity contribution in [3.8, 4) is 40.5 Å². The second-order valence-electron chi connectivity index (χ2n) is 16.5. The number of H-pyrrole nitrogens is 2. The number of nitrogens with one attached hydrogen (secondary N) is 4. The van der Waals surface area contributed by atoms with Crippen LogP contribution in [0.3, 0.4) is 0 Å². The summed E-state index contributed by atoms with van der Waals surface area (Å²) in [5, 5.41) is 7.32. The molecule has 0 saturated carbocycles. The Bertz CT molecular complexity index is 2520. The van der Waals surface area contributed by atoms with Crippen LogP contribution in [0.4, 0.5) is 9.59 Å². The zero-order chi connectivity index (χ0) is 43.7. The largest absolute Gasteiger partial charge is 0.488 e. The first kappa shape index (κ1) is 42.6. The monoisotopic (exact) mass is 830 g/mol. The fraction of sp³-hybridized carbons (Fsp3) is 0.435. The van der Waals surface area contributed by atoms with Gasteiger partial charge in [0.15, 0.2) is 0 Å². The van der Waals surface area contributed by atoms with Gasteiger partial charge >= 0.3 is 12.2 Å². The molecule has 1 fully saturated rings. The number of hydrogen-bond donors (Lipinski definition) is 4. The lowest BCUT2D eigenvalue weighted by atomic mass is 9.92. The molecule has 1 saturated heterocycles. The number of benzene rings is 3. The Morgan fingerprint density at radius 3 is 2.36 bits per heavy atom. The summed E-state index contributed by atoms with van der Waals surface area (Å²) in [5.74, 6) is 3.89. The summed E-state index contributed by atoms with van der Waals surface area (Å²) in [5.41, 5.74) is 6.36. The zero-order valence-electron chi connectivity index (χ0n) is 35.9. The van der Waals surface area contributed by atoms with Gasteiger partial charge in [0.1, 0.15) is 36.1 Å². The molecule has 3 aromatic carbocycles. The van der Waals surface area contributed by atoms with E-state index in [2.05, 4.69) is 50.8 Å². The van der Waals surface area contributed by atoms with Gasteiger partial charge in [-0.15, -0.1) is 12.3 Å². The molecule has 2 aliphatic heterocycles. The van der Waals surface area contributed by atoms with E-state index in [1.165, 1.54) is 14.2 Å². The van der Waals surface area contributed by atoms with Crippen LogP contribution in [0.1, 0.15) is 83.7 Å². The van der Waals surface area contributed by atoms with E-state index in [1.807, 2.05) is 59.7 Å². The first-order valence-corrected chi connectivity index (χ1v) is 20.8. The van der Waals surface area contributed by atoms with Gasteiger partial charge in [-0.1, -0.05) is 52.8 Å². The maximum absolute atomic E-state index is 13.9. The number of imidazole rings is 2. The minimum atomic E-state index is -0.791. The van der Waals surface area contributed by atoms with Gasteiger partial charge in [-0.2, -0.15) is 0 Å². The van der Waals surface area contributed by atoms with Crippen LogP contribution < -0.4 is 15.4 Å². The molecule has 4 heterocycles. The number of nitrogens with zero attached hydrogens (tertiary/aromatic N) is 4. The quantitative estimate of drug-likeness (QED) is 0.0941. The highest BCUT2D eigenvalue weighted by molar-refractivity contribution is 6.07. The second-order valence-corrected chi connectivity index (χ2v) is 16.5. The van der Waals surface area contributed by atoms with E-state index in [0.29, 0.717) is 37.8 Å². The van der Waals surface area contributed by atoms with Gasteiger partial charge in [-0.25, -0.2) is 19.6 Å². The van der Waals surface area contributed by atoms with Crippen molar-refractivity contribution in [3.05, 3.63) is 65.9 Å². The number of ether oxygens (including phenoxy) is 3. The Labute approximate surface area is 355 Å². The second kappa shape index (κ2) is 17.6. The van der Waals surface area contributed by atoms with Crippen LogP contribution in [0.25, 0.3) is 44.2 Å². The average Bonchev–Trinajstić information content (AvgIpc) is 4.04. The summed E-state index contributed by atoms with van der Waals surface area (Å²) in [4.78, 5) is 72.0. The van der Waals surface area contributed by atoms with E-state index < -0.39 is 30.3 Å². The molecule has 0 spiro atoms. The van der Waals surface area contributed by atoms with Gasteiger partial charge < -0.3 is 44.6 Å². The highest BCUT2D eigenvalue weighted by Gasteiger charge is 2.41. The zero-order valence-corrected chi connectivity index (χ0v) is 35.9. The van der Waals surface area contributed by atoms with Crippen LogP contribution in [0.2, 0.25) is 0 Å². The predicted octanol–water partition coefficient (Wildman–Crippen LogP) is 7.25. The number of aromatic nitrogens is 4. The third-order valence-corrected chi connectivity index (χ3v) is 11.8. The number of likely N-dealkylation sites (tertiary alicyclic amines) is 1. The molecular formula is C46H54N8O7. The molecule has 0 unspecified atom stereocenters. The van der Waals surface area contributed by atoms with Crippen molar-refractivity contribution in [1.82, 2.24) is 40.4 Å². The summed E-state index contributed by atoms with van der Waals surface area (Å²) in [6, 6.07) is 12.1. The summed E-state index contributed by atoms with van der Waals surface area (Å²) in [6.45, 7) is 12.6. The number of amides is 4. The highest BCUT2D eigenvalue weighted by atomic mass is 16.5. The van der Waals surface area contributed by atoms with E-state index in [1.54, 1.807) is 16.0 Å². The van der Waals surface area contributed by atoms with Crippen molar-refractivity contribution < 1.29 is 33.4 Å². The minimum absolute atomic E-state index is 0.150. The number of terminal acetylenes is 1. The Hall–Kier alpha value is -6.56. The predicted molar refractivity (Wildman–Crippen MR) is 231 cm³/mol. The van der Waals surface area contributed by atoms with Crippen LogP contribution in [-0.4, -0.2) is 93.1 Å². The number of methoxy groups -OCH3 is 2. The van der Waals surface area contributed by atoms with E-state index in [0.717, 1.165) is 61.9 Å². The molecule has 15 nitrogen and oxygen atoms in total. The lowest BCUT2D eigenvalue weighted by Gasteiger charge is -2.33. The molecule has 4 amide bonds. The normalized spacial score (nSPS) is 17.2. The number of fused-ring (bicyclic) bond motifs is 6. The third kappa shape index (κ3) is 8.31. The standard InChI is InChI=1S/C46H54N8O7/c1-10-16-53(43(55)38(24(3)4)51-45(57)59-8)26(7)41-47-21-35(49-41)29-12-14-31-30(18-29)23-61-37-20-32-28(19-33(31)37)13-15-34-40(32)50-42(48-34)36-17-27(11-2)22-54(36)44(56)39(25(5)6)52-46(58)60-9/h2,12-15,18-21,24-27,36,38-39H,10,16-17,22-23H2,1,3-9H3,(H,47,49)(H,48,50)(H,51,57)(H,52,58)/t26-,27-,36-,38-,39-/m0/s1. The van der Waals surface area contributed by atoms with Crippen molar-refractivity contribution in [2.75, 3.05) is 27.3 Å². The van der Waals surface area contributed by atoms with Crippen LogP contribution in [-0.2, 0) is 25.7 Å². The van der Waals surface area contributed by atoms with Gasteiger partial charge in [-0.3, -0.25) is 9.59 Å². The van der Waals surface area contributed by atoms with Crippen molar-refractivity contribution in [3.63, 3.8) is 0 Å². The fourth-order valence-electron chi connectivity index (χ4n) is 8.43. The van der Waals surface area contributed by atoms with Gasteiger partial charge in [0, 0.05) is 30.0 Å². The fourth-order valence-corrected chi connectivity index (χ4v) is 8.43. The Balaban J connectivity index is 1.14. The van der Waals surface area contributed by atoms with E-state index in [-0.39, 0.29) is 35.6 Å². The molecule has 0 aliphatic carbocycles. The van der Waals surface area contributed by atoms with Crippen molar-refractivity contribution >= 4 is 45.8 Å². The molecule has 0 bridgehead atoms. The molecule has 2 aromatic heterocycles. The number of alkyl carbamates (subject to hydrolysis) is 2. The van der Waals surface area contributed by atoms with Crippen molar-refractivity contribution in [1.29, 1.82) is 0 Å². The molecule has 320 valence electrons. The lowest BCUT2D eigenvalue weighted by molar-refractivity contribution is -0.137. The SMILES string of the molecule is C#C[C@H]1C[C@@H](c2nc3ccc4cc5c(cc4c3[nH]2)OCc2cc(-c3cnc([C@H](C)N(CCC)C(=O)[C@@H](NC(=O)OC)C(C)C)[nH]3)ccc2-5)N(C(=O)[C@@H](NC(=O)OC)C(C)C)C1. The van der Waals surface area contributed by atoms with E-state index in [4.69, 9.17) is 30.6 Å². The third-order valence-electron chi connectivity index (χ3n) is 11.8. The van der Waals surface area contributed by atoms with E-state index in [9.17, 15) is 19.2 Å². The minimum Gasteiger partial charge on any atom is -0.488 e. The molecule has 0 radical (unpaired) electrons. The molecular weight excluding hydrogens is 777 g/mol. The molecule has 5 aromatic rings. The molecule has 7 rings (SSSR count). The Morgan fingerprint density at radius 1 is 0.967 bits per heavy atom. The van der Waals surface area contributed by atoms with Gasteiger partial charge in [0.2, 0.25) is 11.8 Å². The van der Waals surface area contributed by atoms with Crippen molar-refractivity contribution in [2.24, 2.45) is 17.8 Å². The number of rotatable bonds is 12. The highest BCUT2D eigenvalue weighted by Crippen LogP contribution is 2.43. The summed E-state index contributed by atoms with van der Waals surface area (Å²) < 4.78 is 16.0. The Kier molecular flexibility index (Phi) is 12.3. The maximum atomic E-state index is 13.9. The molecule has 61 heavy (non-hydrogen) atoms. The van der Waals surface area contributed by atoms with E-state index >= 15 is 0 Å². The summed E-state index contributed by atoms with van der Waals surface area (Å²) >= 11 is 0. The first-order valence-electron chi connectivity index (χ1n) is 20.8. The van der Waals surface area contributed by atoms with Gasteiger partial charge in [0.25, 0.3) is 0 Å². The van der Waals surface area contributed by atoms with Crippen LogP contribution in [0.5, 0.6) is 5.75 Å². The molecule has 2 aliphatic rings. The first-order chi connectivity index (χ1) is 29.3. The van der Waals surface area contributed by atoms with Gasteiger partial charge in [-0.05, 0) is 77.9 Å². The number of carbonyl (C=O) groups is 4. The molecule has 15 heteroatoms.